The van der Waals surface area contributed by atoms with E-state index in [0.29, 0.717) is 17.6 Å². The van der Waals surface area contributed by atoms with Crippen molar-refractivity contribution in [2.75, 3.05) is 0 Å². The van der Waals surface area contributed by atoms with Crippen LogP contribution in [0.25, 0.3) is 10.9 Å². The molecule has 0 fully saturated rings. The first-order valence-corrected chi connectivity index (χ1v) is 10.1. The van der Waals surface area contributed by atoms with Crippen molar-refractivity contribution >= 4 is 16.8 Å². The van der Waals surface area contributed by atoms with Gasteiger partial charge in [-0.2, -0.15) is 0 Å². The summed E-state index contributed by atoms with van der Waals surface area (Å²) in [6.07, 6.45) is 3.37. The SMILES string of the molecule is CC(NCc1cn(Cc2ccc(F)cc2F)c2cnc(C(=O)NO)cc12)c1ccccc1. The van der Waals surface area contributed by atoms with E-state index in [2.05, 4.69) is 17.2 Å². The van der Waals surface area contributed by atoms with Crippen LogP contribution >= 0.6 is 0 Å². The van der Waals surface area contributed by atoms with Crippen LogP contribution in [0.4, 0.5) is 8.78 Å². The molecule has 0 radical (unpaired) electrons. The van der Waals surface area contributed by atoms with E-state index < -0.39 is 17.5 Å². The number of hydrogen-bond donors (Lipinski definition) is 3. The van der Waals surface area contributed by atoms with Gasteiger partial charge in [-0.25, -0.2) is 19.2 Å². The predicted octanol–water partition coefficient (Wildman–Crippen LogP) is 4.33. The molecule has 0 aliphatic carbocycles. The highest BCUT2D eigenvalue weighted by Gasteiger charge is 2.16. The average Bonchev–Trinajstić information content (AvgIpc) is 3.16. The van der Waals surface area contributed by atoms with Crippen molar-refractivity contribution in [1.29, 1.82) is 0 Å². The molecule has 4 rings (SSSR count). The Balaban J connectivity index is 1.68. The highest BCUT2D eigenvalue weighted by atomic mass is 19.1. The van der Waals surface area contributed by atoms with Crippen LogP contribution in [0.3, 0.4) is 0 Å². The number of halogens is 2. The molecule has 0 aliphatic rings. The molecule has 0 saturated carbocycles. The summed E-state index contributed by atoms with van der Waals surface area (Å²) in [5.74, 6) is -1.99. The first kappa shape index (κ1) is 21.6. The van der Waals surface area contributed by atoms with Crippen LogP contribution in [0.15, 0.2) is 67.0 Å². The van der Waals surface area contributed by atoms with Crippen molar-refractivity contribution in [3.63, 3.8) is 0 Å². The second-order valence-electron chi connectivity index (χ2n) is 7.56. The van der Waals surface area contributed by atoms with E-state index >= 15 is 0 Å². The minimum Gasteiger partial charge on any atom is -0.341 e. The topological polar surface area (TPSA) is 79.2 Å². The van der Waals surface area contributed by atoms with Crippen molar-refractivity contribution in [2.24, 2.45) is 0 Å². The first-order chi connectivity index (χ1) is 15.5. The molecule has 2 aromatic carbocycles. The lowest BCUT2D eigenvalue weighted by molar-refractivity contribution is 0.0701. The van der Waals surface area contributed by atoms with Crippen molar-refractivity contribution < 1.29 is 18.8 Å². The van der Waals surface area contributed by atoms with Gasteiger partial charge in [0.15, 0.2) is 0 Å². The van der Waals surface area contributed by atoms with E-state index in [1.807, 2.05) is 41.1 Å². The molecule has 4 aromatic rings. The Bertz CT molecular complexity index is 1260. The number of hydrogen-bond acceptors (Lipinski definition) is 4. The van der Waals surface area contributed by atoms with Crippen LogP contribution in [-0.2, 0) is 13.1 Å². The zero-order chi connectivity index (χ0) is 22.7. The Morgan fingerprint density at radius 2 is 1.91 bits per heavy atom. The Kier molecular flexibility index (Phi) is 6.25. The molecule has 1 unspecified atom stereocenters. The smallest absolute Gasteiger partial charge is 0.293 e. The van der Waals surface area contributed by atoms with Crippen LogP contribution in [0.5, 0.6) is 0 Å². The fourth-order valence-electron chi connectivity index (χ4n) is 3.67. The summed E-state index contributed by atoms with van der Waals surface area (Å²) in [5.41, 5.74) is 4.67. The van der Waals surface area contributed by atoms with Gasteiger partial charge in [0, 0.05) is 35.8 Å². The maximum absolute atomic E-state index is 14.2. The Hall–Kier alpha value is -3.62. The molecule has 0 bridgehead atoms. The number of pyridine rings is 1. The highest BCUT2D eigenvalue weighted by molar-refractivity contribution is 5.96. The van der Waals surface area contributed by atoms with E-state index in [1.54, 1.807) is 11.5 Å². The third kappa shape index (κ3) is 4.51. The number of amides is 1. The van der Waals surface area contributed by atoms with Gasteiger partial charge in [0.25, 0.3) is 5.91 Å². The largest absolute Gasteiger partial charge is 0.341 e. The van der Waals surface area contributed by atoms with Crippen LogP contribution < -0.4 is 10.8 Å². The fraction of sp³-hybridized carbons (Fsp3) is 0.167. The number of nitrogens with zero attached hydrogens (tertiary/aromatic N) is 2. The van der Waals surface area contributed by atoms with E-state index in [0.717, 1.165) is 22.6 Å². The monoisotopic (exact) mass is 436 g/mol. The molecular formula is C24H22F2N4O2. The molecule has 2 heterocycles. The molecule has 0 aliphatic heterocycles. The highest BCUT2D eigenvalue weighted by Crippen LogP contribution is 2.25. The van der Waals surface area contributed by atoms with Crippen LogP contribution in [0.2, 0.25) is 0 Å². The second kappa shape index (κ2) is 9.25. The summed E-state index contributed by atoms with van der Waals surface area (Å²) in [7, 11) is 0. The van der Waals surface area contributed by atoms with Gasteiger partial charge in [-0.1, -0.05) is 36.4 Å². The van der Waals surface area contributed by atoms with Crippen molar-refractivity contribution in [3.05, 3.63) is 101 Å². The normalized spacial score (nSPS) is 12.1. The number of nitrogens with one attached hydrogen (secondary N) is 2. The lowest BCUT2D eigenvalue weighted by atomic mass is 10.1. The van der Waals surface area contributed by atoms with Gasteiger partial charge in [0.05, 0.1) is 18.3 Å². The molecular weight excluding hydrogens is 414 g/mol. The maximum Gasteiger partial charge on any atom is 0.293 e. The van der Waals surface area contributed by atoms with E-state index in [1.165, 1.54) is 18.3 Å². The lowest BCUT2D eigenvalue weighted by Gasteiger charge is -2.13. The summed E-state index contributed by atoms with van der Waals surface area (Å²) in [5, 5.41) is 13.2. The van der Waals surface area contributed by atoms with Gasteiger partial charge in [-0.05, 0) is 30.2 Å². The van der Waals surface area contributed by atoms with Crippen LogP contribution in [0.1, 0.15) is 40.1 Å². The van der Waals surface area contributed by atoms with Gasteiger partial charge in [0.2, 0.25) is 0 Å². The zero-order valence-electron chi connectivity index (χ0n) is 17.3. The van der Waals surface area contributed by atoms with Crippen molar-refractivity contribution in [1.82, 2.24) is 20.3 Å². The van der Waals surface area contributed by atoms with Crippen LogP contribution in [0, 0.1) is 11.6 Å². The predicted molar refractivity (Wildman–Crippen MR) is 116 cm³/mol. The summed E-state index contributed by atoms with van der Waals surface area (Å²) in [4.78, 5) is 16.0. The lowest BCUT2D eigenvalue weighted by Crippen LogP contribution is -2.20. The van der Waals surface area contributed by atoms with Gasteiger partial charge >= 0.3 is 0 Å². The third-order valence-electron chi connectivity index (χ3n) is 5.44. The first-order valence-electron chi connectivity index (χ1n) is 10.1. The number of benzene rings is 2. The average molecular weight is 436 g/mol. The number of carbonyl (C=O) groups excluding carboxylic acids is 1. The summed E-state index contributed by atoms with van der Waals surface area (Å²) >= 11 is 0. The minimum absolute atomic E-state index is 0.0584. The molecule has 0 saturated heterocycles. The number of fused-ring (bicyclic) bond motifs is 1. The quantitative estimate of drug-likeness (QED) is 0.298. The van der Waals surface area contributed by atoms with E-state index in [-0.39, 0.29) is 18.3 Å². The van der Waals surface area contributed by atoms with Crippen molar-refractivity contribution in [2.45, 2.75) is 26.1 Å². The summed E-state index contributed by atoms with van der Waals surface area (Å²) in [6, 6.07) is 15.1. The maximum atomic E-state index is 14.2. The molecule has 8 heteroatoms. The van der Waals surface area contributed by atoms with Gasteiger partial charge < -0.3 is 9.88 Å². The second-order valence-corrected chi connectivity index (χ2v) is 7.56. The van der Waals surface area contributed by atoms with E-state index in [9.17, 15) is 13.6 Å². The molecule has 32 heavy (non-hydrogen) atoms. The summed E-state index contributed by atoms with van der Waals surface area (Å²) in [6.45, 7) is 2.70. The standard InChI is InChI=1S/C24H22F2N4O2/c1-15(16-5-3-2-4-6-16)27-11-18-14-30(13-17-7-8-19(25)9-21(17)26)23-12-28-22(10-20(18)23)24(31)29-32/h2-10,12,14-15,27,32H,11,13H2,1H3,(H,29,31). The van der Waals surface area contributed by atoms with Crippen molar-refractivity contribution in [3.8, 4) is 0 Å². The fourth-order valence-corrected chi connectivity index (χ4v) is 3.67. The Labute approximate surface area is 183 Å². The molecule has 1 atom stereocenters. The zero-order valence-corrected chi connectivity index (χ0v) is 17.3. The summed E-state index contributed by atoms with van der Waals surface area (Å²) < 4.78 is 29.3. The number of hydroxylamine groups is 1. The van der Waals surface area contributed by atoms with Gasteiger partial charge in [-0.15, -0.1) is 0 Å². The molecule has 3 N–H and O–H groups in total. The molecule has 0 spiro atoms. The molecule has 164 valence electrons. The molecule has 1 amide bonds. The van der Waals surface area contributed by atoms with Crippen LogP contribution in [-0.4, -0.2) is 20.7 Å². The Morgan fingerprint density at radius 1 is 1.12 bits per heavy atom. The number of aromatic nitrogens is 2. The minimum atomic E-state index is -0.721. The van der Waals surface area contributed by atoms with Gasteiger partial charge in [-0.3, -0.25) is 10.0 Å². The van der Waals surface area contributed by atoms with E-state index in [4.69, 9.17) is 5.21 Å². The number of carbonyl (C=O) groups is 1. The number of rotatable bonds is 7. The van der Waals surface area contributed by atoms with Gasteiger partial charge in [0.1, 0.15) is 17.3 Å². The third-order valence-corrected chi connectivity index (χ3v) is 5.44. The Morgan fingerprint density at radius 3 is 2.62 bits per heavy atom. The molecule has 6 nitrogen and oxygen atoms in total. The molecule has 2 aromatic heterocycles.